The minimum atomic E-state index is -8.73. The molecule has 0 aliphatic carbocycles. The number of halogens is 17. The van der Waals surface area contributed by atoms with Crippen LogP contribution in [0.1, 0.15) is 0 Å². The highest BCUT2D eigenvalue weighted by atomic mass is 19.4. The van der Waals surface area contributed by atoms with E-state index in [1.165, 1.54) is 0 Å². The fraction of sp³-hybridized carbons (Fsp3) is 0.727. The average molecular weight is 490 g/mol. The van der Waals surface area contributed by atoms with E-state index in [0.29, 0.717) is 0 Å². The van der Waals surface area contributed by atoms with Crippen LogP contribution in [0.5, 0.6) is 0 Å². The van der Waals surface area contributed by atoms with Crippen molar-refractivity contribution in [3.8, 4) is 0 Å². The van der Waals surface area contributed by atoms with Crippen LogP contribution in [0.15, 0.2) is 12.7 Å². The van der Waals surface area contributed by atoms with Crippen molar-refractivity contribution in [2.24, 2.45) is 0 Å². The normalized spacial score (nSPS) is 15.8. The molecular formula is C11H3F17O2. The molecule has 0 aromatic rings. The maximum atomic E-state index is 13.2. The Bertz CT molecular complexity index is 674. The molecule has 0 amide bonds. The summed E-state index contributed by atoms with van der Waals surface area (Å²) in [5.41, 5.74) is 0. The van der Waals surface area contributed by atoms with Crippen molar-refractivity contribution < 1.29 is 84.2 Å². The van der Waals surface area contributed by atoms with Crippen LogP contribution in [-0.2, 0) is 9.53 Å². The fourth-order valence-electron chi connectivity index (χ4n) is 1.38. The largest absolute Gasteiger partial charge is 0.473 e. The lowest BCUT2D eigenvalue weighted by Gasteiger charge is -2.42. The van der Waals surface area contributed by atoms with E-state index < -0.39 is 59.9 Å². The molecule has 0 aliphatic rings. The van der Waals surface area contributed by atoms with E-state index in [1.54, 1.807) is 0 Å². The maximum Gasteiger partial charge on any atom is 0.473 e. The highest BCUT2D eigenvalue weighted by molar-refractivity contribution is 5.81. The monoisotopic (exact) mass is 490 g/mol. The van der Waals surface area contributed by atoms with Gasteiger partial charge >= 0.3 is 53.8 Å². The smallest absolute Gasteiger partial charge is 0.393 e. The molecule has 0 radical (unpaired) electrons. The third kappa shape index (κ3) is 3.52. The molecule has 19 heteroatoms. The molecule has 0 spiro atoms. The van der Waals surface area contributed by atoms with E-state index >= 15 is 0 Å². The van der Waals surface area contributed by atoms with Crippen molar-refractivity contribution in [2.45, 2.75) is 47.8 Å². The first-order valence-electron chi connectivity index (χ1n) is 6.27. The average Bonchev–Trinajstić information content (AvgIpc) is 2.51. The van der Waals surface area contributed by atoms with Crippen LogP contribution in [0.4, 0.5) is 74.6 Å². The molecule has 0 aromatic carbocycles. The second kappa shape index (κ2) is 7.03. The molecule has 178 valence electrons. The SMILES string of the molecule is C=CC(=O)OC(F)(F)C(F)(F)C(F)(F)C(F)(F)C(F)(F)C(F)(F)C(F)(F)C(F)(F)F. The topological polar surface area (TPSA) is 26.3 Å². The van der Waals surface area contributed by atoms with Gasteiger partial charge in [-0.1, -0.05) is 6.58 Å². The molecule has 0 atom stereocenters. The fourth-order valence-corrected chi connectivity index (χ4v) is 1.38. The molecule has 0 aromatic heterocycles. The molecule has 0 saturated carbocycles. The Hall–Kier alpha value is -1.98. The summed E-state index contributed by atoms with van der Waals surface area (Å²) >= 11 is 0. The van der Waals surface area contributed by atoms with Crippen LogP contribution in [0.2, 0.25) is 0 Å². The van der Waals surface area contributed by atoms with Gasteiger partial charge in [0.2, 0.25) is 0 Å². The minimum absolute atomic E-state index is 0.479. The van der Waals surface area contributed by atoms with E-state index in [-0.39, 0.29) is 0 Å². The molecule has 0 rings (SSSR count). The molecule has 0 N–H and O–H groups in total. The van der Waals surface area contributed by atoms with Crippen molar-refractivity contribution in [1.82, 2.24) is 0 Å². The molecule has 0 heterocycles. The number of hydrogen-bond donors (Lipinski definition) is 0. The Kier molecular flexibility index (Phi) is 6.56. The molecule has 0 saturated heterocycles. The van der Waals surface area contributed by atoms with E-state index in [9.17, 15) is 79.4 Å². The first-order chi connectivity index (χ1) is 12.7. The standard InChI is InChI=1S/C11H3F17O2/c1-2-3(29)30-11(27,28)9(22,23)7(18,19)5(14,15)4(12,13)6(16,17)8(20,21)10(24,25)26/h2H,1H2. The summed E-state index contributed by atoms with van der Waals surface area (Å²) in [5, 5.41) is 0. The number of esters is 1. The van der Waals surface area contributed by atoms with Crippen LogP contribution >= 0.6 is 0 Å². The summed E-state index contributed by atoms with van der Waals surface area (Å²) in [6.07, 6.45) is -15.5. The number of carbonyl (C=O) groups is 1. The zero-order valence-corrected chi connectivity index (χ0v) is 13.0. The number of rotatable bonds is 8. The minimum Gasteiger partial charge on any atom is -0.393 e. The Balaban J connectivity index is 6.69. The van der Waals surface area contributed by atoms with Crippen LogP contribution in [-0.4, -0.2) is 53.8 Å². The molecular weight excluding hydrogens is 487 g/mol. The number of alkyl halides is 17. The quantitative estimate of drug-likeness (QED) is 0.249. The molecule has 0 fully saturated rings. The van der Waals surface area contributed by atoms with Crippen molar-refractivity contribution in [3.05, 3.63) is 12.7 Å². The summed E-state index contributed by atoms with van der Waals surface area (Å²) < 4.78 is 220. The number of ether oxygens (including phenoxy) is 1. The van der Waals surface area contributed by atoms with Gasteiger partial charge in [0.15, 0.2) is 0 Å². The van der Waals surface area contributed by atoms with Gasteiger partial charge in [-0.3, -0.25) is 0 Å². The van der Waals surface area contributed by atoms with E-state index in [0.717, 1.165) is 0 Å². The maximum absolute atomic E-state index is 13.2. The Morgan fingerprint density at radius 1 is 0.533 bits per heavy atom. The Morgan fingerprint density at radius 2 is 0.800 bits per heavy atom. The van der Waals surface area contributed by atoms with E-state index in [4.69, 9.17) is 0 Å². The highest BCUT2D eigenvalue weighted by Crippen LogP contribution is 2.63. The van der Waals surface area contributed by atoms with Gasteiger partial charge in [0.1, 0.15) is 0 Å². The first-order valence-corrected chi connectivity index (χ1v) is 6.27. The van der Waals surface area contributed by atoms with Crippen LogP contribution in [0, 0.1) is 0 Å². The summed E-state index contributed by atoms with van der Waals surface area (Å²) in [4.78, 5) is 10.4. The molecule has 0 bridgehead atoms. The van der Waals surface area contributed by atoms with Crippen molar-refractivity contribution in [3.63, 3.8) is 0 Å². The molecule has 30 heavy (non-hydrogen) atoms. The lowest BCUT2D eigenvalue weighted by molar-refractivity contribution is -0.473. The molecule has 0 unspecified atom stereocenters. The second-order valence-corrected chi connectivity index (χ2v) is 5.09. The van der Waals surface area contributed by atoms with Crippen molar-refractivity contribution >= 4 is 5.97 Å². The summed E-state index contributed by atoms with van der Waals surface area (Å²) in [6, 6.07) is 0. The third-order valence-corrected chi connectivity index (χ3v) is 3.09. The first kappa shape index (κ1) is 28.0. The third-order valence-electron chi connectivity index (χ3n) is 3.09. The van der Waals surface area contributed by atoms with Gasteiger partial charge in [-0.15, -0.1) is 0 Å². The summed E-state index contributed by atoms with van der Waals surface area (Å²) in [7, 11) is 0. The van der Waals surface area contributed by atoms with Crippen LogP contribution < -0.4 is 0 Å². The summed E-state index contributed by atoms with van der Waals surface area (Å²) in [5.74, 6) is -53.6. The van der Waals surface area contributed by atoms with Gasteiger partial charge in [-0.05, 0) is 0 Å². The van der Waals surface area contributed by atoms with Gasteiger partial charge < -0.3 is 4.74 Å². The van der Waals surface area contributed by atoms with Crippen molar-refractivity contribution in [1.29, 1.82) is 0 Å². The Morgan fingerprint density at radius 3 is 1.07 bits per heavy atom. The van der Waals surface area contributed by atoms with E-state index in [2.05, 4.69) is 11.3 Å². The van der Waals surface area contributed by atoms with Crippen LogP contribution in [0.25, 0.3) is 0 Å². The lowest BCUT2D eigenvalue weighted by Crippen LogP contribution is -2.74. The second-order valence-electron chi connectivity index (χ2n) is 5.09. The van der Waals surface area contributed by atoms with Crippen molar-refractivity contribution in [2.75, 3.05) is 0 Å². The number of hydrogen-bond acceptors (Lipinski definition) is 2. The van der Waals surface area contributed by atoms with Gasteiger partial charge in [0, 0.05) is 6.08 Å². The zero-order valence-electron chi connectivity index (χ0n) is 13.0. The highest BCUT2D eigenvalue weighted by Gasteiger charge is 2.95. The molecule has 0 aliphatic heterocycles. The predicted molar refractivity (Wildman–Crippen MR) is 57.0 cm³/mol. The van der Waals surface area contributed by atoms with E-state index in [1.807, 2.05) is 0 Å². The van der Waals surface area contributed by atoms with Crippen LogP contribution in [0.3, 0.4) is 0 Å². The molecule has 2 nitrogen and oxygen atoms in total. The zero-order chi connectivity index (χ0) is 25.0. The summed E-state index contributed by atoms with van der Waals surface area (Å²) in [6.45, 7) is 2.26. The number of carbonyl (C=O) groups excluding carboxylic acids is 1. The predicted octanol–water partition coefficient (Wildman–Crippen LogP) is 5.68. The van der Waals surface area contributed by atoms with Gasteiger partial charge in [-0.2, -0.15) is 74.6 Å². The van der Waals surface area contributed by atoms with Gasteiger partial charge in [0.05, 0.1) is 0 Å². The Labute approximate surface area is 152 Å². The lowest BCUT2D eigenvalue weighted by atomic mass is 9.90. The van der Waals surface area contributed by atoms with Gasteiger partial charge in [0.25, 0.3) is 0 Å². The van der Waals surface area contributed by atoms with Gasteiger partial charge in [-0.25, -0.2) is 4.79 Å².